The molecule has 2 aromatic rings. The highest BCUT2D eigenvalue weighted by Gasteiger charge is 2.10. The number of hydrogen-bond donors (Lipinski definition) is 2. The second-order valence-corrected chi connectivity index (χ2v) is 4.67. The van der Waals surface area contributed by atoms with Gasteiger partial charge in [-0.25, -0.2) is 4.39 Å². The van der Waals surface area contributed by atoms with Gasteiger partial charge in [-0.3, -0.25) is 0 Å². The molecule has 0 bridgehead atoms. The predicted molar refractivity (Wildman–Crippen MR) is 75.8 cm³/mol. The summed E-state index contributed by atoms with van der Waals surface area (Å²) in [4.78, 5) is 0. The highest BCUT2D eigenvalue weighted by atomic mass is 19.1. The zero-order valence-corrected chi connectivity index (χ0v) is 11.6. The third-order valence-corrected chi connectivity index (χ3v) is 3.24. The molecule has 1 aromatic carbocycles. The van der Waals surface area contributed by atoms with E-state index in [1.807, 2.05) is 6.92 Å². The van der Waals surface area contributed by atoms with Gasteiger partial charge >= 0.3 is 0 Å². The van der Waals surface area contributed by atoms with Crippen molar-refractivity contribution in [2.24, 2.45) is 0 Å². The molecule has 0 radical (unpaired) electrons. The van der Waals surface area contributed by atoms with Crippen LogP contribution in [0.3, 0.4) is 0 Å². The molecule has 0 aliphatic rings. The molecule has 0 amide bonds. The molecule has 4 heteroatoms. The predicted octanol–water partition coefficient (Wildman–Crippen LogP) is 2.97. The average molecular weight is 264 g/mol. The van der Waals surface area contributed by atoms with E-state index >= 15 is 0 Å². The Bertz CT molecular complexity index is 536. The van der Waals surface area contributed by atoms with Crippen LogP contribution in [0.2, 0.25) is 0 Å². The summed E-state index contributed by atoms with van der Waals surface area (Å²) in [6.45, 7) is 7.74. The number of furan rings is 1. The Labute approximate surface area is 113 Å². The minimum absolute atomic E-state index is 0.221. The van der Waals surface area contributed by atoms with E-state index in [0.29, 0.717) is 6.54 Å². The minimum atomic E-state index is -0.221. The maximum atomic E-state index is 13.2. The summed E-state index contributed by atoms with van der Waals surface area (Å²) in [6, 6.07) is 4.65. The fourth-order valence-corrected chi connectivity index (χ4v) is 2.13. The summed E-state index contributed by atoms with van der Waals surface area (Å²) in [5, 5.41) is 7.50. The quantitative estimate of drug-likeness (QED) is 0.755. The second-order valence-electron chi connectivity index (χ2n) is 4.67. The number of fused-ring (bicyclic) bond motifs is 1. The first-order chi connectivity index (χ1) is 9.22. The van der Waals surface area contributed by atoms with Crippen LogP contribution >= 0.6 is 0 Å². The van der Waals surface area contributed by atoms with E-state index in [0.717, 1.165) is 48.3 Å². The van der Waals surface area contributed by atoms with E-state index in [-0.39, 0.29) is 5.82 Å². The van der Waals surface area contributed by atoms with Gasteiger partial charge in [0.2, 0.25) is 0 Å². The standard InChI is InChI=1S/C15H21FN2O/c1-3-17-7-4-8-18-10-15-11(2)13-9-12(16)5-6-14(13)19-15/h5-6,9,17-18H,3-4,7-8,10H2,1-2H3. The molecule has 0 aliphatic carbocycles. The molecular weight excluding hydrogens is 243 g/mol. The maximum Gasteiger partial charge on any atom is 0.134 e. The number of nitrogens with one attached hydrogen (secondary N) is 2. The lowest BCUT2D eigenvalue weighted by molar-refractivity contribution is 0.503. The number of hydrogen-bond acceptors (Lipinski definition) is 3. The molecule has 0 fully saturated rings. The molecule has 0 saturated heterocycles. The first-order valence-corrected chi connectivity index (χ1v) is 6.81. The third kappa shape index (κ3) is 3.55. The van der Waals surface area contributed by atoms with Crippen molar-refractivity contribution >= 4 is 11.0 Å². The lowest BCUT2D eigenvalue weighted by atomic mass is 10.1. The van der Waals surface area contributed by atoms with Crippen LogP contribution in [-0.2, 0) is 6.54 Å². The van der Waals surface area contributed by atoms with Crippen molar-refractivity contribution < 1.29 is 8.81 Å². The number of benzene rings is 1. The van der Waals surface area contributed by atoms with Gasteiger partial charge in [0.1, 0.15) is 17.2 Å². The van der Waals surface area contributed by atoms with Crippen LogP contribution in [0.25, 0.3) is 11.0 Å². The molecule has 0 spiro atoms. The lowest BCUT2D eigenvalue weighted by Gasteiger charge is -2.04. The zero-order chi connectivity index (χ0) is 13.7. The Balaban J connectivity index is 1.92. The van der Waals surface area contributed by atoms with E-state index in [1.165, 1.54) is 12.1 Å². The van der Waals surface area contributed by atoms with Gasteiger partial charge in [-0.1, -0.05) is 6.92 Å². The highest BCUT2D eigenvalue weighted by Crippen LogP contribution is 2.25. The molecular formula is C15H21FN2O. The molecule has 0 atom stereocenters. The van der Waals surface area contributed by atoms with Crippen molar-refractivity contribution in [2.45, 2.75) is 26.8 Å². The Hall–Kier alpha value is -1.39. The van der Waals surface area contributed by atoms with Gasteiger partial charge in [-0.2, -0.15) is 0 Å². The van der Waals surface area contributed by atoms with E-state index in [2.05, 4.69) is 17.6 Å². The Morgan fingerprint density at radius 1 is 1.21 bits per heavy atom. The maximum absolute atomic E-state index is 13.2. The molecule has 0 aliphatic heterocycles. The first-order valence-electron chi connectivity index (χ1n) is 6.81. The summed E-state index contributed by atoms with van der Waals surface area (Å²) in [5.74, 6) is 0.672. The number of aryl methyl sites for hydroxylation is 1. The van der Waals surface area contributed by atoms with E-state index in [1.54, 1.807) is 6.07 Å². The fraction of sp³-hybridized carbons (Fsp3) is 0.467. The van der Waals surface area contributed by atoms with Crippen molar-refractivity contribution in [2.75, 3.05) is 19.6 Å². The smallest absolute Gasteiger partial charge is 0.134 e. The van der Waals surface area contributed by atoms with Crippen molar-refractivity contribution in [3.63, 3.8) is 0 Å². The number of rotatable bonds is 7. The Morgan fingerprint density at radius 2 is 2.00 bits per heavy atom. The lowest BCUT2D eigenvalue weighted by Crippen LogP contribution is -2.21. The zero-order valence-electron chi connectivity index (χ0n) is 11.6. The van der Waals surface area contributed by atoms with Crippen LogP contribution in [0, 0.1) is 12.7 Å². The topological polar surface area (TPSA) is 37.2 Å². The van der Waals surface area contributed by atoms with E-state index in [4.69, 9.17) is 4.42 Å². The molecule has 2 N–H and O–H groups in total. The van der Waals surface area contributed by atoms with Crippen LogP contribution in [-0.4, -0.2) is 19.6 Å². The van der Waals surface area contributed by atoms with Gasteiger partial charge < -0.3 is 15.1 Å². The van der Waals surface area contributed by atoms with Crippen LogP contribution in [0.4, 0.5) is 4.39 Å². The molecule has 19 heavy (non-hydrogen) atoms. The van der Waals surface area contributed by atoms with Crippen molar-refractivity contribution in [3.8, 4) is 0 Å². The van der Waals surface area contributed by atoms with Gasteiger partial charge in [0.25, 0.3) is 0 Å². The second kappa shape index (κ2) is 6.68. The molecule has 0 saturated carbocycles. The molecule has 1 aromatic heterocycles. The van der Waals surface area contributed by atoms with Crippen molar-refractivity contribution in [3.05, 3.63) is 35.3 Å². The summed E-state index contributed by atoms with van der Waals surface area (Å²) < 4.78 is 18.9. The van der Waals surface area contributed by atoms with E-state index in [9.17, 15) is 4.39 Å². The molecule has 2 rings (SSSR count). The largest absolute Gasteiger partial charge is 0.459 e. The third-order valence-electron chi connectivity index (χ3n) is 3.24. The minimum Gasteiger partial charge on any atom is -0.459 e. The van der Waals surface area contributed by atoms with Crippen molar-refractivity contribution in [1.82, 2.24) is 10.6 Å². The van der Waals surface area contributed by atoms with Crippen LogP contribution in [0.1, 0.15) is 24.7 Å². The SMILES string of the molecule is CCNCCCNCc1oc2ccc(F)cc2c1C. The fourth-order valence-electron chi connectivity index (χ4n) is 2.13. The Morgan fingerprint density at radius 3 is 2.79 bits per heavy atom. The van der Waals surface area contributed by atoms with E-state index < -0.39 is 0 Å². The van der Waals surface area contributed by atoms with Gasteiger partial charge in [0.05, 0.1) is 6.54 Å². The van der Waals surface area contributed by atoms with Crippen molar-refractivity contribution in [1.29, 1.82) is 0 Å². The summed E-state index contributed by atoms with van der Waals surface area (Å²) in [5.41, 5.74) is 1.78. The molecule has 3 nitrogen and oxygen atoms in total. The molecule has 1 heterocycles. The monoisotopic (exact) mass is 264 g/mol. The van der Waals surface area contributed by atoms with Crippen LogP contribution < -0.4 is 10.6 Å². The van der Waals surface area contributed by atoms with Gasteiger partial charge in [-0.15, -0.1) is 0 Å². The summed E-state index contributed by atoms with van der Waals surface area (Å²) in [6.07, 6.45) is 1.09. The van der Waals surface area contributed by atoms with Gasteiger partial charge in [0, 0.05) is 5.39 Å². The normalized spacial score (nSPS) is 11.3. The average Bonchev–Trinajstić information content (AvgIpc) is 2.71. The number of halogens is 1. The highest BCUT2D eigenvalue weighted by molar-refractivity contribution is 5.82. The molecule has 0 unspecified atom stereocenters. The summed E-state index contributed by atoms with van der Waals surface area (Å²) >= 11 is 0. The summed E-state index contributed by atoms with van der Waals surface area (Å²) in [7, 11) is 0. The van der Waals surface area contributed by atoms with Crippen LogP contribution in [0.5, 0.6) is 0 Å². The van der Waals surface area contributed by atoms with Gasteiger partial charge in [0.15, 0.2) is 0 Å². The van der Waals surface area contributed by atoms with Gasteiger partial charge in [-0.05, 0) is 56.7 Å². The first kappa shape index (κ1) is 14.0. The Kier molecular flexibility index (Phi) is 4.93. The van der Waals surface area contributed by atoms with Crippen LogP contribution in [0.15, 0.2) is 22.6 Å². The molecule has 104 valence electrons.